The summed E-state index contributed by atoms with van der Waals surface area (Å²) in [6, 6.07) is 3.55. The van der Waals surface area contributed by atoms with Gasteiger partial charge in [0.25, 0.3) is 0 Å². The zero-order valence-electron chi connectivity index (χ0n) is 6.88. The number of halogens is 2. The third-order valence-corrected chi connectivity index (χ3v) is 1.61. The monoisotopic (exact) mass is 185 g/mol. The Morgan fingerprint density at radius 1 is 1.46 bits per heavy atom. The van der Waals surface area contributed by atoms with Gasteiger partial charge in [-0.1, -0.05) is 12.1 Å². The number of carbonyl (C=O) groups excluding carboxylic acids is 1. The van der Waals surface area contributed by atoms with E-state index in [1.54, 1.807) is 0 Å². The molecule has 0 fully saturated rings. The molecule has 0 N–H and O–H groups in total. The molecule has 1 aromatic carbocycles. The minimum Gasteiger partial charge on any atom is -0.368 e. The molecule has 4 heteroatoms. The summed E-state index contributed by atoms with van der Waals surface area (Å²) in [6.07, 6.45) is 0.287. The largest absolute Gasteiger partial charge is 0.368 e. The van der Waals surface area contributed by atoms with Crippen molar-refractivity contribution in [2.75, 3.05) is 7.11 Å². The average molecular weight is 185 g/mol. The Labute approximate surface area is 74.1 Å². The van der Waals surface area contributed by atoms with E-state index in [4.69, 9.17) is 0 Å². The molecule has 1 aromatic rings. The third-order valence-electron chi connectivity index (χ3n) is 1.61. The van der Waals surface area contributed by atoms with Crippen molar-refractivity contribution in [2.45, 2.75) is 6.10 Å². The average Bonchev–Trinajstić information content (AvgIpc) is 2.14. The summed E-state index contributed by atoms with van der Waals surface area (Å²) in [4.78, 5) is 10.3. The summed E-state index contributed by atoms with van der Waals surface area (Å²) in [7, 11) is 1.22. The highest BCUT2D eigenvalue weighted by atomic mass is 19.2. The number of hydrogen-bond acceptors (Lipinski definition) is 2. The molecule has 0 heterocycles. The molecule has 0 aliphatic carbocycles. The van der Waals surface area contributed by atoms with Gasteiger partial charge in [-0.05, 0) is 6.07 Å². The van der Waals surface area contributed by atoms with Gasteiger partial charge in [-0.2, -0.15) is 0 Å². The van der Waals surface area contributed by atoms with Crippen LogP contribution in [-0.2, 0) is 9.53 Å². The van der Waals surface area contributed by atoms with Crippen molar-refractivity contribution in [3.63, 3.8) is 0 Å². The molecular weight excluding hydrogens is 178 g/mol. The van der Waals surface area contributed by atoms with Crippen molar-refractivity contribution in [1.82, 2.24) is 0 Å². The van der Waals surface area contributed by atoms with E-state index in [-0.39, 0.29) is 5.56 Å². The second-order valence-corrected chi connectivity index (χ2v) is 2.38. The lowest BCUT2D eigenvalue weighted by Crippen LogP contribution is -2.06. The maximum absolute atomic E-state index is 13.0. The van der Waals surface area contributed by atoms with Crippen LogP contribution >= 0.6 is 0 Å². The Bertz CT molecular complexity index is 312. The van der Waals surface area contributed by atoms with Crippen molar-refractivity contribution in [1.29, 1.82) is 0 Å². The van der Waals surface area contributed by atoms with Crippen molar-refractivity contribution < 1.29 is 18.3 Å². The first-order valence-corrected chi connectivity index (χ1v) is 3.55. The summed E-state index contributed by atoms with van der Waals surface area (Å²) in [6.45, 7) is 0. The van der Waals surface area contributed by atoms with E-state index >= 15 is 0 Å². The van der Waals surface area contributed by atoms with Crippen LogP contribution < -0.4 is 0 Å². The zero-order chi connectivity index (χ0) is 9.84. The molecule has 0 spiro atoms. The molecule has 1 rings (SSSR count). The van der Waals surface area contributed by atoms with Crippen molar-refractivity contribution >= 4 is 6.29 Å². The number of benzene rings is 1. The number of rotatable bonds is 3. The first-order valence-electron chi connectivity index (χ1n) is 3.55. The molecular formula is C9H7F2O2. The normalized spacial score (nSPS) is 12.5. The molecule has 2 nitrogen and oxygen atoms in total. The summed E-state index contributed by atoms with van der Waals surface area (Å²) in [5.74, 6) is -2.08. The van der Waals surface area contributed by atoms with Crippen molar-refractivity contribution in [2.24, 2.45) is 0 Å². The van der Waals surface area contributed by atoms with Gasteiger partial charge < -0.3 is 4.74 Å². The molecule has 0 aromatic heterocycles. The second kappa shape index (κ2) is 4.09. The number of hydrogen-bond donors (Lipinski definition) is 0. The van der Waals surface area contributed by atoms with Gasteiger partial charge >= 0.3 is 0 Å². The molecule has 69 valence electrons. The predicted octanol–water partition coefficient (Wildman–Crippen LogP) is 1.76. The second-order valence-electron chi connectivity index (χ2n) is 2.38. The molecule has 0 saturated carbocycles. The lowest BCUT2D eigenvalue weighted by Gasteiger charge is -2.08. The third kappa shape index (κ3) is 1.89. The Hall–Kier alpha value is -1.29. The van der Waals surface area contributed by atoms with Crippen LogP contribution in [0.4, 0.5) is 8.78 Å². The van der Waals surface area contributed by atoms with Crippen LogP contribution in [0.25, 0.3) is 0 Å². The van der Waals surface area contributed by atoms with Gasteiger partial charge in [0, 0.05) is 12.7 Å². The van der Waals surface area contributed by atoms with E-state index in [1.165, 1.54) is 25.5 Å². The molecule has 1 atom stereocenters. The van der Waals surface area contributed by atoms with Crippen LogP contribution in [0.3, 0.4) is 0 Å². The van der Waals surface area contributed by atoms with Gasteiger partial charge in [-0.15, -0.1) is 0 Å². The minimum absolute atomic E-state index is 0.141. The van der Waals surface area contributed by atoms with E-state index in [2.05, 4.69) is 4.74 Å². The fourth-order valence-corrected chi connectivity index (χ4v) is 0.962. The summed E-state index contributed by atoms with van der Waals surface area (Å²) in [5.41, 5.74) is -0.141. The molecule has 0 amide bonds. The predicted molar refractivity (Wildman–Crippen MR) is 41.8 cm³/mol. The standard InChI is InChI=1S/C9H7F2O2/c1-13-8(5-12)6-3-2-4-7(10)9(6)11/h2-4,8H,1H3. The van der Waals surface area contributed by atoms with Crippen LogP contribution in [0.1, 0.15) is 11.7 Å². The van der Waals surface area contributed by atoms with Gasteiger partial charge in [-0.25, -0.2) is 8.78 Å². The number of ether oxygens (including phenoxy) is 1. The zero-order valence-corrected chi connectivity index (χ0v) is 6.88. The summed E-state index contributed by atoms with van der Waals surface area (Å²) < 4.78 is 30.2. The van der Waals surface area contributed by atoms with E-state index in [9.17, 15) is 13.6 Å². The Morgan fingerprint density at radius 3 is 2.69 bits per heavy atom. The molecule has 0 bridgehead atoms. The number of methoxy groups -OCH3 is 1. The lowest BCUT2D eigenvalue weighted by atomic mass is 10.1. The maximum atomic E-state index is 13.0. The van der Waals surface area contributed by atoms with Crippen LogP contribution in [0.5, 0.6) is 0 Å². The Kier molecular flexibility index (Phi) is 3.08. The van der Waals surface area contributed by atoms with Crippen LogP contribution in [-0.4, -0.2) is 13.4 Å². The molecule has 0 aliphatic rings. The molecule has 0 saturated heterocycles. The lowest BCUT2D eigenvalue weighted by molar-refractivity contribution is 0.150. The van der Waals surface area contributed by atoms with E-state index < -0.39 is 17.7 Å². The van der Waals surface area contributed by atoms with Gasteiger partial charge in [0.1, 0.15) is 0 Å². The van der Waals surface area contributed by atoms with E-state index in [0.717, 1.165) is 6.07 Å². The minimum atomic E-state index is -1.17. The fourth-order valence-electron chi connectivity index (χ4n) is 0.962. The smallest absolute Gasteiger partial charge is 0.234 e. The molecule has 1 radical (unpaired) electrons. The van der Waals surface area contributed by atoms with E-state index in [1.807, 2.05) is 0 Å². The summed E-state index contributed by atoms with van der Waals surface area (Å²) in [5, 5.41) is 0. The first kappa shape index (κ1) is 9.80. The van der Waals surface area contributed by atoms with Gasteiger partial charge in [0.05, 0.1) is 0 Å². The van der Waals surface area contributed by atoms with Crippen molar-refractivity contribution in [3.05, 3.63) is 35.4 Å². The first-order chi connectivity index (χ1) is 6.20. The quantitative estimate of drug-likeness (QED) is 0.717. The fraction of sp³-hybridized carbons (Fsp3) is 0.222. The SMILES string of the molecule is COC([C]=O)c1cccc(F)c1F. The topological polar surface area (TPSA) is 26.3 Å². The highest BCUT2D eigenvalue weighted by Gasteiger charge is 2.17. The molecule has 13 heavy (non-hydrogen) atoms. The molecule has 0 aliphatic heterocycles. The summed E-state index contributed by atoms with van der Waals surface area (Å²) >= 11 is 0. The van der Waals surface area contributed by atoms with Crippen LogP contribution in [0, 0.1) is 11.6 Å². The van der Waals surface area contributed by atoms with Gasteiger partial charge in [0.15, 0.2) is 17.7 Å². The van der Waals surface area contributed by atoms with Gasteiger partial charge in [-0.3, -0.25) is 4.79 Å². The van der Waals surface area contributed by atoms with Crippen molar-refractivity contribution in [3.8, 4) is 0 Å². The van der Waals surface area contributed by atoms with Crippen LogP contribution in [0.2, 0.25) is 0 Å². The Balaban J connectivity index is 3.13. The van der Waals surface area contributed by atoms with E-state index in [0.29, 0.717) is 0 Å². The molecule has 1 unspecified atom stereocenters. The maximum Gasteiger partial charge on any atom is 0.234 e. The highest BCUT2D eigenvalue weighted by molar-refractivity contribution is 5.60. The highest BCUT2D eigenvalue weighted by Crippen LogP contribution is 2.19. The van der Waals surface area contributed by atoms with Gasteiger partial charge in [0.2, 0.25) is 6.29 Å². The Morgan fingerprint density at radius 2 is 2.15 bits per heavy atom. The van der Waals surface area contributed by atoms with Crippen LogP contribution in [0.15, 0.2) is 18.2 Å².